The molecule has 0 bridgehead atoms. The van der Waals surface area contributed by atoms with Gasteiger partial charge in [-0.05, 0) is 61.6 Å². The van der Waals surface area contributed by atoms with E-state index in [0.717, 1.165) is 17.2 Å². The molecule has 0 saturated heterocycles. The summed E-state index contributed by atoms with van der Waals surface area (Å²) in [6, 6.07) is 10.8. The molecular weight excluding hydrogens is 345 g/mol. The van der Waals surface area contributed by atoms with Gasteiger partial charge in [0.05, 0.1) is 0 Å². The monoisotopic (exact) mass is 367 g/mol. The molecule has 0 unspecified atom stereocenters. The molecule has 0 aliphatic carbocycles. The van der Waals surface area contributed by atoms with E-state index < -0.39 is 0 Å². The highest BCUT2D eigenvalue weighted by Crippen LogP contribution is 2.20. The van der Waals surface area contributed by atoms with Gasteiger partial charge in [0.1, 0.15) is 17.3 Å². The van der Waals surface area contributed by atoms with E-state index in [9.17, 15) is 19.4 Å². The Labute approximate surface area is 158 Å². The third-order valence-corrected chi connectivity index (χ3v) is 3.64. The van der Waals surface area contributed by atoms with Crippen LogP contribution in [0.1, 0.15) is 16.7 Å². The van der Waals surface area contributed by atoms with Crippen molar-refractivity contribution >= 4 is 17.9 Å². The number of hydrogen-bond donors (Lipinski definition) is 2. The van der Waals surface area contributed by atoms with Crippen LogP contribution in [0.15, 0.2) is 66.5 Å². The van der Waals surface area contributed by atoms with Gasteiger partial charge in [-0.1, -0.05) is 30.4 Å². The number of carbonyl (C=O) groups is 1. The van der Waals surface area contributed by atoms with Crippen molar-refractivity contribution in [3.05, 3.63) is 89.0 Å². The maximum atomic E-state index is 12.8. The van der Waals surface area contributed by atoms with Crippen LogP contribution in [0.4, 0.5) is 4.39 Å². The zero-order valence-corrected chi connectivity index (χ0v) is 15.3. The average Bonchev–Trinajstić information content (AvgIpc) is 2.61. The van der Waals surface area contributed by atoms with Gasteiger partial charge < -0.3 is 15.1 Å². The number of benzene rings is 2. The second-order valence-corrected chi connectivity index (χ2v) is 6.32. The fourth-order valence-corrected chi connectivity index (χ4v) is 2.35. The standard InChI is InChI=1S/C22H22FNO3/c1-24(2)15-18-13-17(7-12-22(18)27)6-11-21(26)14-20(25)10-5-16-3-8-19(23)9-4-16/h3-14,26-27H,15H2,1-2H3/b10-5+,11-6+,21-14-. The predicted octanol–water partition coefficient (Wildman–Crippen LogP) is 4.33. The molecule has 0 fully saturated rings. The Morgan fingerprint density at radius 3 is 2.33 bits per heavy atom. The van der Waals surface area contributed by atoms with Crippen LogP contribution in [0.5, 0.6) is 5.75 Å². The molecule has 0 amide bonds. The van der Waals surface area contributed by atoms with E-state index in [1.54, 1.807) is 36.4 Å². The number of ketones is 1. The van der Waals surface area contributed by atoms with Gasteiger partial charge in [0.15, 0.2) is 5.78 Å². The molecule has 5 heteroatoms. The predicted molar refractivity (Wildman–Crippen MR) is 106 cm³/mol. The minimum atomic E-state index is -0.388. The van der Waals surface area contributed by atoms with Crippen molar-refractivity contribution in [2.45, 2.75) is 6.54 Å². The largest absolute Gasteiger partial charge is 0.508 e. The number of rotatable bonds is 7. The highest BCUT2D eigenvalue weighted by Gasteiger charge is 2.03. The van der Waals surface area contributed by atoms with E-state index in [1.165, 1.54) is 24.3 Å². The summed E-state index contributed by atoms with van der Waals surface area (Å²) in [5.41, 5.74) is 2.24. The second kappa shape index (κ2) is 9.50. The SMILES string of the molecule is CN(C)Cc1cc(/C=C/C(O)=C/C(=O)/C=C/c2ccc(F)cc2)ccc1O. The normalized spacial score (nSPS) is 12.4. The zero-order chi connectivity index (χ0) is 19.8. The molecular formula is C22H22FNO3. The number of hydrogen-bond acceptors (Lipinski definition) is 4. The van der Waals surface area contributed by atoms with Gasteiger partial charge in [-0.15, -0.1) is 0 Å². The van der Waals surface area contributed by atoms with E-state index in [2.05, 4.69) is 0 Å². The van der Waals surface area contributed by atoms with Crippen LogP contribution in [0.2, 0.25) is 0 Å². The summed E-state index contributed by atoms with van der Waals surface area (Å²) in [7, 11) is 3.81. The number of halogens is 1. The molecule has 0 aliphatic rings. The number of aliphatic hydroxyl groups is 1. The number of aliphatic hydroxyl groups excluding tert-OH is 1. The van der Waals surface area contributed by atoms with Crippen LogP contribution in [-0.4, -0.2) is 35.0 Å². The molecule has 0 aliphatic heterocycles. The summed E-state index contributed by atoms with van der Waals surface area (Å²) < 4.78 is 12.8. The number of phenolic OH excluding ortho intramolecular Hbond substituents is 1. The molecule has 0 atom stereocenters. The zero-order valence-electron chi connectivity index (χ0n) is 15.3. The van der Waals surface area contributed by atoms with Gasteiger partial charge >= 0.3 is 0 Å². The van der Waals surface area contributed by atoms with Crippen LogP contribution >= 0.6 is 0 Å². The van der Waals surface area contributed by atoms with Crippen molar-refractivity contribution in [1.82, 2.24) is 4.90 Å². The minimum absolute atomic E-state index is 0.189. The van der Waals surface area contributed by atoms with Crippen molar-refractivity contribution in [1.29, 1.82) is 0 Å². The van der Waals surface area contributed by atoms with Crippen LogP contribution < -0.4 is 0 Å². The highest BCUT2D eigenvalue weighted by molar-refractivity contribution is 6.02. The molecule has 0 spiro atoms. The maximum absolute atomic E-state index is 12.8. The Bertz CT molecular complexity index is 881. The lowest BCUT2D eigenvalue weighted by atomic mass is 10.1. The summed E-state index contributed by atoms with van der Waals surface area (Å²) in [5, 5.41) is 19.8. The highest BCUT2D eigenvalue weighted by atomic mass is 19.1. The molecule has 140 valence electrons. The first-order chi connectivity index (χ1) is 12.8. The van der Waals surface area contributed by atoms with E-state index in [-0.39, 0.29) is 23.1 Å². The smallest absolute Gasteiger partial charge is 0.182 e. The molecule has 2 aromatic carbocycles. The lowest BCUT2D eigenvalue weighted by molar-refractivity contribution is -0.110. The fraction of sp³-hybridized carbons (Fsp3) is 0.136. The molecule has 2 rings (SSSR count). The van der Waals surface area contributed by atoms with Crippen molar-refractivity contribution in [2.24, 2.45) is 0 Å². The lowest BCUT2D eigenvalue weighted by Crippen LogP contribution is -2.10. The summed E-state index contributed by atoms with van der Waals surface area (Å²) in [4.78, 5) is 13.8. The molecule has 2 N–H and O–H groups in total. The number of nitrogens with zero attached hydrogens (tertiary/aromatic N) is 1. The average molecular weight is 367 g/mol. The maximum Gasteiger partial charge on any atom is 0.182 e. The Morgan fingerprint density at radius 2 is 1.67 bits per heavy atom. The van der Waals surface area contributed by atoms with Gasteiger partial charge in [-0.3, -0.25) is 4.79 Å². The van der Waals surface area contributed by atoms with E-state index in [4.69, 9.17) is 0 Å². The number of aromatic hydroxyl groups is 1. The minimum Gasteiger partial charge on any atom is -0.508 e. The van der Waals surface area contributed by atoms with Crippen molar-refractivity contribution in [3.63, 3.8) is 0 Å². The second-order valence-electron chi connectivity index (χ2n) is 6.32. The lowest BCUT2D eigenvalue weighted by Gasteiger charge is -2.11. The first-order valence-electron chi connectivity index (χ1n) is 8.36. The molecule has 0 radical (unpaired) electrons. The van der Waals surface area contributed by atoms with E-state index >= 15 is 0 Å². The summed E-state index contributed by atoms with van der Waals surface area (Å²) in [5.74, 6) is -0.711. The van der Waals surface area contributed by atoms with Crippen LogP contribution in [0, 0.1) is 5.82 Å². The van der Waals surface area contributed by atoms with E-state index in [0.29, 0.717) is 12.1 Å². The van der Waals surface area contributed by atoms with Gasteiger partial charge in [0, 0.05) is 18.2 Å². The third-order valence-electron chi connectivity index (χ3n) is 3.64. The number of allylic oxidation sites excluding steroid dienone is 3. The van der Waals surface area contributed by atoms with E-state index in [1.807, 2.05) is 25.1 Å². The first-order valence-corrected chi connectivity index (χ1v) is 8.36. The van der Waals surface area contributed by atoms with Gasteiger partial charge in [-0.2, -0.15) is 0 Å². The first kappa shape index (κ1) is 20.1. The Kier molecular flexibility index (Phi) is 7.08. The van der Waals surface area contributed by atoms with Gasteiger partial charge in [0.25, 0.3) is 0 Å². The van der Waals surface area contributed by atoms with Gasteiger partial charge in [-0.25, -0.2) is 4.39 Å². The molecule has 27 heavy (non-hydrogen) atoms. The number of carbonyl (C=O) groups excluding carboxylic acids is 1. The fourth-order valence-electron chi connectivity index (χ4n) is 2.35. The summed E-state index contributed by atoms with van der Waals surface area (Å²) >= 11 is 0. The van der Waals surface area contributed by atoms with Gasteiger partial charge in [0.2, 0.25) is 0 Å². The summed E-state index contributed by atoms with van der Waals surface area (Å²) in [6.07, 6.45) is 7.00. The molecule has 0 heterocycles. The quantitative estimate of drug-likeness (QED) is 0.434. The molecule has 2 aromatic rings. The van der Waals surface area contributed by atoms with Crippen molar-refractivity contribution in [2.75, 3.05) is 14.1 Å². The molecule has 0 aromatic heterocycles. The molecule has 0 saturated carbocycles. The third kappa shape index (κ3) is 6.92. The number of phenols is 1. The Morgan fingerprint density at radius 1 is 1.04 bits per heavy atom. The Balaban J connectivity index is 2.03. The van der Waals surface area contributed by atoms with Crippen molar-refractivity contribution < 1.29 is 19.4 Å². The van der Waals surface area contributed by atoms with Crippen LogP contribution in [0.25, 0.3) is 12.2 Å². The topological polar surface area (TPSA) is 60.8 Å². The van der Waals surface area contributed by atoms with Crippen LogP contribution in [0.3, 0.4) is 0 Å². The summed E-state index contributed by atoms with van der Waals surface area (Å²) in [6.45, 7) is 0.585. The molecule has 4 nitrogen and oxygen atoms in total. The van der Waals surface area contributed by atoms with Crippen LogP contribution in [-0.2, 0) is 11.3 Å². The Hall–Kier alpha value is -3.18. The van der Waals surface area contributed by atoms with Crippen molar-refractivity contribution in [3.8, 4) is 5.75 Å².